The summed E-state index contributed by atoms with van der Waals surface area (Å²) < 4.78 is 0. The molecule has 0 aromatic rings. The van der Waals surface area contributed by atoms with Gasteiger partial charge >= 0.3 is 0 Å². The lowest BCUT2D eigenvalue weighted by atomic mass is 10.0. The minimum absolute atomic E-state index is 0.349. The van der Waals surface area contributed by atoms with Crippen molar-refractivity contribution >= 4 is 15.9 Å². The summed E-state index contributed by atoms with van der Waals surface area (Å²) in [5.74, 6) is 0.739. The van der Waals surface area contributed by atoms with E-state index in [-0.39, 0.29) is 0 Å². The van der Waals surface area contributed by atoms with Gasteiger partial charge < -0.3 is 5.11 Å². The summed E-state index contributed by atoms with van der Waals surface area (Å²) in [5.41, 5.74) is 0. The van der Waals surface area contributed by atoms with E-state index >= 15 is 0 Å². The number of hydrogen-bond donors (Lipinski definition) is 1. The minimum atomic E-state index is 0.349. The van der Waals surface area contributed by atoms with Gasteiger partial charge in [-0.15, -0.1) is 0 Å². The average molecular weight is 237 g/mol. The summed E-state index contributed by atoms with van der Waals surface area (Å²) in [6.07, 6.45) is 5.95. The lowest BCUT2D eigenvalue weighted by molar-refractivity contribution is 0.282. The molecule has 0 aliphatic carbocycles. The minimum Gasteiger partial charge on any atom is -0.396 e. The molecule has 0 saturated carbocycles. The maximum absolute atomic E-state index is 8.55. The molecule has 1 unspecified atom stereocenters. The molecule has 0 spiro atoms. The SMILES string of the molecule is CC(C)C(Br)CCCCCCO. The lowest BCUT2D eigenvalue weighted by Gasteiger charge is -2.12. The Morgan fingerprint density at radius 2 is 1.67 bits per heavy atom. The molecule has 74 valence electrons. The molecule has 0 aliphatic heterocycles. The summed E-state index contributed by atoms with van der Waals surface area (Å²) in [6.45, 7) is 4.84. The largest absolute Gasteiger partial charge is 0.396 e. The van der Waals surface area contributed by atoms with Gasteiger partial charge in [0.25, 0.3) is 0 Å². The Kier molecular flexibility index (Phi) is 8.35. The lowest BCUT2D eigenvalue weighted by Crippen LogP contribution is -2.06. The zero-order valence-corrected chi connectivity index (χ0v) is 9.81. The molecule has 0 heterocycles. The van der Waals surface area contributed by atoms with Crippen LogP contribution in [0.4, 0.5) is 0 Å². The van der Waals surface area contributed by atoms with Gasteiger partial charge in [0.2, 0.25) is 0 Å². The van der Waals surface area contributed by atoms with Crippen molar-refractivity contribution in [3.05, 3.63) is 0 Å². The number of alkyl halides is 1. The first kappa shape index (κ1) is 12.4. The van der Waals surface area contributed by atoms with Gasteiger partial charge in [0.05, 0.1) is 0 Å². The van der Waals surface area contributed by atoms with Gasteiger partial charge in [0.15, 0.2) is 0 Å². The second-order valence-corrected chi connectivity index (χ2v) is 4.86. The second kappa shape index (κ2) is 8.06. The van der Waals surface area contributed by atoms with Crippen molar-refractivity contribution in [1.82, 2.24) is 0 Å². The van der Waals surface area contributed by atoms with Crippen LogP contribution < -0.4 is 0 Å². The van der Waals surface area contributed by atoms with Crippen LogP contribution in [0.15, 0.2) is 0 Å². The van der Waals surface area contributed by atoms with Crippen molar-refractivity contribution in [2.45, 2.75) is 50.8 Å². The molecule has 0 aliphatic rings. The normalized spacial score (nSPS) is 13.8. The van der Waals surface area contributed by atoms with Crippen molar-refractivity contribution in [2.24, 2.45) is 5.92 Å². The molecule has 0 aromatic carbocycles. The summed E-state index contributed by atoms with van der Waals surface area (Å²) in [5, 5.41) is 8.55. The summed E-state index contributed by atoms with van der Waals surface area (Å²) >= 11 is 3.66. The Morgan fingerprint density at radius 1 is 1.08 bits per heavy atom. The number of aliphatic hydroxyl groups is 1. The number of rotatable bonds is 7. The van der Waals surface area contributed by atoms with Gasteiger partial charge in [-0.25, -0.2) is 0 Å². The highest BCUT2D eigenvalue weighted by Crippen LogP contribution is 2.19. The summed E-state index contributed by atoms with van der Waals surface area (Å²) in [7, 11) is 0. The Hall–Kier alpha value is 0.440. The second-order valence-electron chi connectivity index (χ2n) is 3.69. The van der Waals surface area contributed by atoms with Crippen LogP contribution in [0.1, 0.15) is 46.0 Å². The number of hydrogen-bond acceptors (Lipinski definition) is 1. The van der Waals surface area contributed by atoms with Crippen molar-refractivity contribution in [2.75, 3.05) is 6.61 Å². The number of unbranched alkanes of at least 4 members (excludes halogenated alkanes) is 3. The zero-order valence-electron chi connectivity index (χ0n) is 8.22. The Labute approximate surface area is 84.7 Å². The Bertz CT molecular complexity index is 93.8. The fourth-order valence-corrected chi connectivity index (χ4v) is 1.46. The molecule has 0 fully saturated rings. The monoisotopic (exact) mass is 236 g/mol. The molecule has 0 radical (unpaired) electrons. The summed E-state index contributed by atoms with van der Waals surface area (Å²) in [4.78, 5) is 0.673. The van der Waals surface area contributed by atoms with E-state index in [4.69, 9.17) is 5.11 Å². The third-order valence-corrected chi connectivity index (χ3v) is 3.63. The van der Waals surface area contributed by atoms with E-state index in [9.17, 15) is 0 Å². The summed E-state index contributed by atoms with van der Waals surface area (Å²) in [6, 6.07) is 0. The van der Waals surface area contributed by atoms with E-state index in [0.717, 1.165) is 12.3 Å². The van der Waals surface area contributed by atoms with Gasteiger partial charge in [0, 0.05) is 11.4 Å². The predicted molar refractivity (Wildman–Crippen MR) is 57.7 cm³/mol. The van der Waals surface area contributed by atoms with E-state index in [1.165, 1.54) is 25.7 Å². The third-order valence-electron chi connectivity index (χ3n) is 2.11. The smallest absolute Gasteiger partial charge is 0.0431 e. The molecule has 1 atom stereocenters. The zero-order chi connectivity index (χ0) is 9.40. The fourth-order valence-electron chi connectivity index (χ4n) is 1.14. The van der Waals surface area contributed by atoms with Gasteiger partial charge in [-0.2, -0.15) is 0 Å². The molecular weight excluding hydrogens is 216 g/mol. The Morgan fingerprint density at radius 3 is 2.17 bits per heavy atom. The highest BCUT2D eigenvalue weighted by molar-refractivity contribution is 9.09. The maximum atomic E-state index is 8.55. The van der Waals surface area contributed by atoms with Crippen molar-refractivity contribution in [3.8, 4) is 0 Å². The first-order chi connectivity index (χ1) is 5.68. The number of aliphatic hydroxyl groups excluding tert-OH is 1. The molecule has 1 nitrogen and oxygen atoms in total. The van der Waals surface area contributed by atoms with Gasteiger partial charge in [-0.05, 0) is 18.8 Å². The van der Waals surface area contributed by atoms with Gasteiger partial charge in [0.1, 0.15) is 0 Å². The van der Waals surface area contributed by atoms with Crippen molar-refractivity contribution in [1.29, 1.82) is 0 Å². The van der Waals surface area contributed by atoms with Crippen LogP contribution in [0, 0.1) is 5.92 Å². The van der Waals surface area contributed by atoms with Crippen LogP contribution >= 0.6 is 15.9 Å². The molecule has 0 aromatic heterocycles. The third kappa shape index (κ3) is 7.11. The fraction of sp³-hybridized carbons (Fsp3) is 1.00. The predicted octanol–water partition coefficient (Wildman–Crippen LogP) is 3.35. The van der Waals surface area contributed by atoms with E-state index in [0.29, 0.717) is 11.4 Å². The van der Waals surface area contributed by atoms with Crippen LogP contribution in [-0.4, -0.2) is 16.5 Å². The topological polar surface area (TPSA) is 20.2 Å². The number of halogens is 1. The van der Waals surface area contributed by atoms with Gasteiger partial charge in [-0.1, -0.05) is 49.0 Å². The molecule has 0 amide bonds. The highest BCUT2D eigenvalue weighted by atomic mass is 79.9. The standard InChI is InChI=1S/C10H21BrO/c1-9(2)10(11)7-5-3-4-6-8-12/h9-10,12H,3-8H2,1-2H3. The molecule has 2 heteroatoms. The van der Waals surface area contributed by atoms with Crippen molar-refractivity contribution < 1.29 is 5.11 Å². The van der Waals surface area contributed by atoms with Crippen LogP contribution in [-0.2, 0) is 0 Å². The first-order valence-electron chi connectivity index (χ1n) is 4.93. The van der Waals surface area contributed by atoms with Crippen molar-refractivity contribution in [3.63, 3.8) is 0 Å². The average Bonchev–Trinajstić information content (AvgIpc) is 2.03. The van der Waals surface area contributed by atoms with E-state index < -0.39 is 0 Å². The molecule has 1 N–H and O–H groups in total. The van der Waals surface area contributed by atoms with E-state index in [1.54, 1.807) is 0 Å². The molecule has 0 rings (SSSR count). The van der Waals surface area contributed by atoms with Crippen LogP contribution in [0.2, 0.25) is 0 Å². The molecular formula is C10H21BrO. The van der Waals surface area contributed by atoms with E-state index in [1.807, 2.05) is 0 Å². The van der Waals surface area contributed by atoms with Crippen LogP contribution in [0.25, 0.3) is 0 Å². The first-order valence-corrected chi connectivity index (χ1v) is 5.85. The Balaban J connectivity index is 3.08. The molecule has 0 saturated heterocycles. The quantitative estimate of drug-likeness (QED) is 0.531. The highest BCUT2D eigenvalue weighted by Gasteiger charge is 2.07. The molecule has 12 heavy (non-hydrogen) atoms. The van der Waals surface area contributed by atoms with Crippen LogP contribution in [0.3, 0.4) is 0 Å². The van der Waals surface area contributed by atoms with Gasteiger partial charge in [-0.3, -0.25) is 0 Å². The van der Waals surface area contributed by atoms with Crippen LogP contribution in [0.5, 0.6) is 0 Å². The maximum Gasteiger partial charge on any atom is 0.0431 e. The molecule has 0 bridgehead atoms. The van der Waals surface area contributed by atoms with E-state index in [2.05, 4.69) is 29.8 Å².